The largest absolute Gasteiger partial charge is 0.481 e. The van der Waals surface area contributed by atoms with Crippen LogP contribution in [0.1, 0.15) is 35.6 Å². The van der Waals surface area contributed by atoms with Crippen LogP contribution in [0, 0.1) is 12.8 Å². The maximum Gasteiger partial charge on any atom is 0.376 e. The molecule has 0 aliphatic carbocycles. The Balaban J connectivity index is 2.08. The molecule has 1 N–H and O–H groups in total. The van der Waals surface area contributed by atoms with E-state index in [1.54, 1.807) is 6.92 Å². The highest BCUT2D eigenvalue weighted by atomic mass is 16.5. The van der Waals surface area contributed by atoms with E-state index < -0.39 is 11.9 Å². The lowest BCUT2D eigenvalue weighted by Crippen LogP contribution is -2.35. The predicted molar refractivity (Wildman–Crippen MR) is 75.3 cm³/mol. The Bertz CT molecular complexity index is 539. The Morgan fingerprint density at radius 2 is 2.05 bits per heavy atom. The normalized spacial score (nSPS) is 15.8. The van der Waals surface area contributed by atoms with Crippen LogP contribution in [0.25, 0.3) is 0 Å². The first kappa shape index (κ1) is 15.2. The van der Waals surface area contributed by atoms with E-state index in [1.807, 2.05) is 6.07 Å². The van der Waals surface area contributed by atoms with Crippen LogP contribution < -0.4 is 4.90 Å². The number of aryl methyl sites for hydroxylation is 1. The van der Waals surface area contributed by atoms with Crippen LogP contribution in [0.4, 0.5) is 5.82 Å². The molecule has 1 aliphatic heterocycles. The van der Waals surface area contributed by atoms with Gasteiger partial charge in [0, 0.05) is 31.3 Å². The first-order valence-electron chi connectivity index (χ1n) is 6.90. The van der Waals surface area contributed by atoms with Crippen LogP contribution in [-0.4, -0.2) is 47.2 Å². The third kappa shape index (κ3) is 3.90. The quantitative estimate of drug-likeness (QED) is 0.835. The van der Waals surface area contributed by atoms with Gasteiger partial charge < -0.3 is 14.7 Å². The number of carboxylic acid groups (broad SMARTS) is 1. The summed E-state index contributed by atoms with van der Waals surface area (Å²) in [6.45, 7) is 3.26. The lowest BCUT2D eigenvalue weighted by molar-refractivity contribution is -0.138. The molecule has 0 saturated carbocycles. The summed E-state index contributed by atoms with van der Waals surface area (Å²) in [5, 5.41) is 8.82. The minimum Gasteiger partial charge on any atom is -0.481 e. The van der Waals surface area contributed by atoms with Gasteiger partial charge in [-0.2, -0.15) is 0 Å². The third-order valence-electron chi connectivity index (χ3n) is 3.61. The van der Waals surface area contributed by atoms with Crippen molar-refractivity contribution in [2.24, 2.45) is 5.92 Å². The molecule has 114 valence electrons. The van der Waals surface area contributed by atoms with E-state index in [2.05, 4.69) is 19.6 Å². The standard InChI is InChI=1S/C14H19N3O4/c1-9-7-11(16-13(15-9)14(20)21-2)17-5-3-10(4-6-17)8-12(18)19/h7,10H,3-6,8H2,1-2H3,(H,18,19). The van der Waals surface area contributed by atoms with Gasteiger partial charge in [-0.15, -0.1) is 0 Å². The van der Waals surface area contributed by atoms with Gasteiger partial charge in [-0.1, -0.05) is 0 Å². The number of aromatic nitrogens is 2. The van der Waals surface area contributed by atoms with E-state index >= 15 is 0 Å². The van der Waals surface area contributed by atoms with Gasteiger partial charge in [-0.3, -0.25) is 4.79 Å². The summed E-state index contributed by atoms with van der Waals surface area (Å²) in [7, 11) is 1.30. The van der Waals surface area contributed by atoms with E-state index in [-0.39, 0.29) is 18.2 Å². The SMILES string of the molecule is COC(=O)c1nc(C)cc(N2CCC(CC(=O)O)CC2)n1. The third-order valence-corrected chi connectivity index (χ3v) is 3.61. The first-order valence-corrected chi connectivity index (χ1v) is 6.90. The fourth-order valence-electron chi connectivity index (χ4n) is 2.51. The predicted octanol–water partition coefficient (Wildman–Crippen LogP) is 1.26. The Kier molecular flexibility index (Phi) is 4.72. The molecule has 7 nitrogen and oxygen atoms in total. The number of esters is 1. The second-order valence-corrected chi connectivity index (χ2v) is 5.21. The fourth-order valence-corrected chi connectivity index (χ4v) is 2.51. The summed E-state index contributed by atoms with van der Waals surface area (Å²) in [5.74, 6) is -0.349. The molecule has 1 fully saturated rings. The molecule has 1 aromatic rings. The van der Waals surface area contributed by atoms with Crippen LogP contribution in [-0.2, 0) is 9.53 Å². The van der Waals surface area contributed by atoms with Gasteiger partial charge in [-0.25, -0.2) is 14.8 Å². The maximum absolute atomic E-state index is 11.5. The Morgan fingerprint density at radius 1 is 1.38 bits per heavy atom. The molecule has 21 heavy (non-hydrogen) atoms. The molecule has 1 saturated heterocycles. The molecule has 0 atom stereocenters. The summed E-state index contributed by atoms with van der Waals surface area (Å²) in [6.07, 6.45) is 1.83. The lowest BCUT2D eigenvalue weighted by Gasteiger charge is -2.32. The van der Waals surface area contributed by atoms with Crippen LogP contribution in [0.3, 0.4) is 0 Å². The molecule has 1 aliphatic rings. The smallest absolute Gasteiger partial charge is 0.376 e. The number of methoxy groups -OCH3 is 1. The van der Waals surface area contributed by atoms with Crippen molar-refractivity contribution in [1.29, 1.82) is 0 Å². The summed E-state index contributed by atoms with van der Waals surface area (Å²) in [5.41, 5.74) is 0.702. The number of nitrogens with zero attached hydrogens (tertiary/aromatic N) is 3. The van der Waals surface area contributed by atoms with E-state index in [9.17, 15) is 9.59 Å². The van der Waals surface area contributed by atoms with Gasteiger partial charge in [0.1, 0.15) is 5.82 Å². The zero-order valence-corrected chi connectivity index (χ0v) is 12.2. The molecule has 2 rings (SSSR count). The van der Waals surface area contributed by atoms with Crippen molar-refractivity contribution >= 4 is 17.8 Å². The van der Waals surface area contributed by atoms with Gasteiger partial charge in [0.15, 0.2) is 0 Å². The van der Waals surface area contributed by atoms with E-state index in [1.165, 1.54) is 7.11 Å². The van der Waals surface area contributed by atoms with E-state index in [0.29, 0.717) is 11.5 Å². The van der Waals surface area contributed by atoms with Gasteiger partial charge in [0.05, 0.1) is 7.11 Å². The molecule has 1 aromatic heterocycles. The molecule has 0 spiro atoms. The zero-order chi connectivity index (χ0) is 15.4. The number of rotatable bonds is 4. The monoisotopic (exact) mass is 293 g/mol. The van der Waals surface area contributed by atoms with E-state index in [4.69, 9.17) is 5.11 Å². The highest BCUT2D eigenvalue weighted by Gasteiger charge is 2.23. The van der Waals surface area contributed by atoms with Crippen molar-refractivity contribution in [3.8, 4) is 0 Å². The topological polar surface area (TPSA) is 92.6 Å². The summed E-state index contributed by atoms with van der Waals surface area (Å²) >= 11 is 0. The first-order chi connectivity index (χ1) is 9.99. The average Bonchev–Trinajstić information content (AvgIpc) is 2.46. The number of carbonyl (C=O) groups excluding carboxylic acids is 1. The number of hydrogen-bond acceptors (Lipinski definition) is 6. The van der Waals surface area contributed by atoms with Gasteiger partial charge in [0.2, 0.25) is 5.82 Å². The van der Waals surface area contributed by atoms with Gasteiger partial charge in [-0.05, 0) is 25.7 Å². The zero-order valence-electron chi connectivity index (χ0n) is 12.2. The maximum atomic E-state index is 11.5. The summed E-state index contributed by atoms with van der Waals surface area (Å²) in [6, 6.07) is 1.82. The van der Waals surface area contributed by atoms with Crippen molar-refractivity contribution in [3.63, 3.8) is 0 Å². The number of carboxylic acids is 1. The molecular formula is C14H19N3O4. The van der Waals surface area contributed by atoms with Crippen LogP contribution >= 0.6 is 0 Å². The minimum atomic E-state index is -0.751. The lowest BCUT2D eigenvalue weighted by atomic mass is 9.93. The number of carbonyl (C=O) groups is 2. The molecule has 2 heterocycles. The Hall–Kier alpha value is -2.18. The van der Waals surface area contributed by atoms with Crippen LogP contribution in [0.5, 0.6) is 0 Å². The van der Waals surface area contributed by atoms with Crippen molar-refractivity contribution in [3.05, 3.63) is 17.6 Å². The number of ether oxygens (including phenoxy) is 1. The molecule has 7 heteroatoms. The van der Waals surface area contributed by atoms with Crippen molar-refractivity contribution < 1.29 is 19.4 Å². The second kappa shape index (κ2) is 6.51. The van der Waals surface area contributed by atoms with Crippen LogP contribution in [0.2, 0.25) is 0 Å². The van der Waals surface area contributed by atoms with Crippen molar-refractivity contribution in [2.45, 2.75) is 26.2 Å². The Morgan fingerprint density at radius 3 is 2.62 bits per heavy atom. The Labute approximate surface area is 123 Å². The number of hydrogen-bond donors (Lipinski definition) is 1. The molecule has 0 unspecified atom stereocenters. The second-order valence-electron chi connectivity index (χ2n) is 5.21. The highest BCUT2D eigenvalue weighted by Crippen LogP contribution is 2.24. The summed E-state index contributed by atoms with van der Waals surface area (Å²) in [4.78, 5) is 32.6. The molecule has 0 radical (unpaired) electrons. The van der Waals surface area contributed by atoms with E-state index in [0.717, 1.165) is 25.9 Å². The number of anilines is 1. The number of aliphatic carboxylic acids is 1. The highest BCUT2D eigenvalue weighted by molar-refractivity contribution is 5.85. The van der Waals surface area contributed by atoms with Crippen molar-refractivity contribution in [2.75, 3.05) is 25.1 Å². The minimum absolute atomic E-state index is 0.0557. The average molecular weight is 293 g/mol. The fraction of sp³-hybridized carbons (Fsp3) is 0.571. The molecule has 0 amide bonds. The number of piperidine rings is 1. The van der Waals surface area contributed by atoms with Crippen molar-refractivity contribution in [1.82, 2.24) is 9.97 Å². The summed E-state index contributed by atoms with van der Waals surface area (Å²) < 4.78 is 4.65. The molecular weight excluding hydrogens is 274 g/mol. The van der Waals surface area contributed by atoms with Crippen LogP contribution in [0.15, 0.2) is 6.07 Å². The van der Waals surface area contributed by atoms with Gasteiger partial charge in [0.25, 0.3) is 0 Å². The molecule has 0 aromatic carbocycles. The molecule has 0 bridgehead atoms. The van der Waals surface area contributed by atoms with Gasteiger partial charge >= 0.3 is 11.9 Å².